The molecule has 0 aliphatic carbocycles. The smallest absolute Gasteiger partial charge is 0.291 e. The van der Waals surface area contributed by atoms with E-state index in [1.165, 1.54) is 29.0 Å². The van der Waals surface area contributed by atoms with Crippen molar-refractivity contribution in [1.29, 1.82) is 0 Å². The van der Waals surface area contributed by atoms with Crippen molar-refractivity contribution in [2.24, 2.45) is 0 Å². The molecule has 38 heavy (non-hydrogen) atoms. The number of methoxy groups -OCH3 is 1. The highest BCUT2D eigenvalue weighted by molar-refractivity contribution is 7.15. The number of para-hydroxylation sites is 1. The van der Waals surface area contributed by atoms with Crippen LogP contribution in [0.4, 0.5) is 4.39 Å². The zero-order valence-corrected chi connectivity index (χ0v) is 21.0. The van der Waals surface area contributed by atoms with Gasteiger partial charge in [-0.25, -0.2) is 9.07 Å². The predicted molar refractivity (Wildman–Crippen MR) is 147 cm³/mol. The van der Waals surface area contributed by atoms with Crippen molar-refractivity contribution < 1.29 is 9.13 Å². The van der Waals surface area contributed by atoms with Gasteiger partial charge in [-0.05, 0) is 48.0 Å². The summed E-state index contributed by atoms with van der Waals surface area (Å²) in [6, 6.07) is 24.0. The summed E-state index contributed by atoms with van der Waals surface area (Å²) in [5.41, 5.74) is 3.31. The number of thiazole rings is 1. The molecule has 3 aromatic heterocycles. The molecule has 0 unspecified atom stereocenters. The second-order valence-electron chi connectivity index (χ2n) is 8.39. The number of nitrogens with zero attached hydrogens (tertiary/aromatic N) is 5. The van der Waals surface area contributed by atoms with Gasteiger partial charge in [0.2, 0.25) is 4.96 Å². The summed E-state index contributed by atoms with van der Waals surface area (Å²) in [6.45, 7) is 0. The van der Waals surface area contributed by atoms with Crippen LogP contribution >= 0.6 is 11.3 Å². The van der Waals surface area contributed by atoms with Gasteiger partial charge in [0.05, 0.1) is 17.3 Å². The van der Waals surface area contributed by atoms with Crippen LogP contribution in [0.3, 0.4) is 0 Å². The SMILES string of the molecule is COc1ccc(-c2nn(-c3ccccc3)cc2C=c2sc3nc(C=Cc4ccccc4)nn3c2=O)cc1F. The van der Waals surface area contributed by atoms with Crippen LogP contribution in [-0.4, -0.2) is 31.5 Å². The third kappa shape index (κ3) is 4.51. The van der Waals surface area contributed by atoms with E-state index in [0.717, 1.165) is 11.3 Å². The summed E-state index contributed by atoms with van der Waals surface area (Å²) < 4.78 is 23.1. The lowest BCUT2D eigenvalue weighted by Gasteiger charge is -2.04. The van der Waals surface area contributed by atoms with Gasteiger partial charge in [-0.3, -0.25) is 4.79 Å². The third-order valence-electron chi connectivity index (χ3n) is 5.90. The minimum Gasteiger partial charge on any atom is -0.494 e. The van der Waals surface area contributed by atoms with Crippen LogP contribution in [0.2, 0.25) is 0 Å². The van der Waals surface area contributed by atoms with Crippen molar-refractivity contribution in [3.05, 3.63) is 123 Å². The molecule has 0 atom stereocenters. The molecule has 6 rings (SSSR count). The third-order valence-corrected chi connectivity index (χ3v) is 6.86. The van der Waals surface area contributed by atoms with Crippen LogP contribution in [0, 0.1) is 5.82 Å². The van der Waals surface area contributed by atoms with Crippen LogP contribution in [0.15, 0.2) is 89.9 Å². The van der Waals surface area contributed by atoms with Crippen molar-refractivity contribution in [3.63, 3.8) is 0 Å². The van der Waals surface area contributed by atoms with Crippen molar-refractivity contribution >= 4 is 34.5 Å². The van der Waals surface area contributed by atoms with Crippen molar-refractivity contribution in [2.75, 3.05) is 7.11 Å². The fraction of sp³-hybridized carbons (Fsp3) is 0.0345. The minimum absolute atomic E-state index is 0.145. The Morgan fingerprint density at radius 3 is 2.42 bits per heavy atom. The second-order valence-corrected chi connectivity index (χ2v) is 9.40. The summed E-state index contributed by atoms with van der Waals surface area (Å²) in [4.78, 5) is 18.2. The lowest BCUT2D eigenvalue weighted by molar-refractivity contribution is 0.386. The molecule has 3 aromatic carbocycles. The Hall–Kier alpha value is -4.89. The number of halogens is 1. The van der Waals surface area contributed by atoms with E-state index in [9.17, 15) is 9.18 Å². The van der Waals surface area contributed by atoms with Crippen molar-refractivity contribution in [2.45, 2.75) is 0 Å². The summed E-state index contributed by atoms with van der Waals surface area (Å²) in [5, 5.41) is 9.08. The Balaban J connectivity index is 1.43. The standard InChI is InChI=1S/C29H20FN5O2S/c1-37-24-14-13-20(16-23(24)30)27-21(18-34(33-27)22-10-6-3-7-11-22)17-25-28(36)35-29(38-25)31-26(32-35)15-12-19-8-4-2-5-9-19/h2-18H,1H3. The zero-order chi connectivity index (χ0) is 26.1. The van der Waals surface area contributed by atoms with Gasteiger partial charge in [0.1, 0.15) is 5.69 Å². The Labute approximate surface area is 220 Å². The maximum Gasteiger partial charge on any atom is 0.291 e. The fourth-order valence-electron chi connectivity index (χ4n) is 4.04. The van der Waals surface area contributed by atoms with E-state index in [-0.39, 0.29) is 11.3 Å². The topological polar surface area (TPSA) is 74.3 Å². The van der Waals surface area contributed by atoms with Gasteiger partial charge in [0.15, 0.2) is 17.4 Å². The molecule has 0 aliphatic heterocycles. The highest BCUT2D eigenvalue weighted by atomic mass is 32.1. The molecule has 0 saturated heterocycles. The molecular weight excluding hydrogens is 501 g/mol. The van der Waals surface area contributed by atoms with Gasteiger partial charge in [0.25, 0.3) is 5.56 Å². The van der Waals surface area contributed by atoms with E-state index < -0.39 is 5.82 Å². The van der Waals surface area contributed by atoms with Gasteiger partial charge in [-0.2, -0.15) is 14.6 Å². The Morgan fingerprint density at radius 2 is 1.71 bits per heavy atom. The molecule has 0 aliphatic rings. The molecule has 0 amide bonds. The van der Waals surface area contributed by atoms with Gasteiger partial charge in [0, 0.05) is 17.3 Å². The maximum absolute atomic E-state index is 14.6. The van der Waals surface area contributed by atoms with E-state index in [2.05, 4.69) is 10.1 Å². The molecule has 0 saturated carbocycles. The van der Waals surface area contributed by atoms with Gasteiger partial charge < -0.3 is 4.74 Å². The fourth-order valence-corrected chi connectivity index (χ4v) is 4.95. The summed E-state index contributed by atoms with van der Waals surface area (Å²) >= 11 is 1.24. The van der Waals surface area contributed by atoms with Gasteiger partial charge in [-0.1, -0.05) is 65.9 Å². The number of fused-ring (bicyclic) bond motifs is 1. The van der Waals surface area contributed by atoms with E-state index in [1.807, 2.05) is 72.9 Å². The molecule has 0 bridgehead atoms. The zero-order valence-electron chi connectivity index (χ0n) is 20.2. The highest BCUT2D eigenvalue weighted by Gasteiger charge is 2.15. The number of hydrogen-bond donors (Lipinski definition) is 0. The van der Waals surface area contributed by atoms with E-state index in [0.29, 0.717) is 32.1 Å². The lowest BCUT2D eigenvalue weighted by atomic mass is 10.1. The van der Waals surface area contributed by atoms with Crippen LogP contribution in [0.25, 0.3) is 40.1 Å². The molecule has 0 spiro atoms. The predicted octanol–water partition coefficient (Wildman–Crippen LogP) is 4.87. The first kappa shape index (κ1) is 23.5. The Morgan fingerprint density at radius 1 is 0.947 bits per heavy atom. The van der Waals surface area contributed by atoms with Crippen molar-refractivity contribution in [3.8, 4) is 22.7 Å². The summed E-state index contributed by atoms with van der Waals surface area (Å²) in [5.74, 6) is 0.103. The molecule has 7 nitrogen and oxygen atoms in total. The molecule has 6 aromatic rings. The number of ether oxygens (including phenoxy) is 1. The summed E-state index contributed by atoms with van der Waals surface area (Å²) in [6.07, 6.45) is 7.23. The molecule has 0 N–H and O–H groups in total. The number of aromatic nitrogens is 5. The number of benzene rings is 3. The molecule has 186 valence electrons. The molecule has 9 heteroatoms. The molecule has 0 radical (unpaired) electrons. The Kier molecular flexibility index (Phi) is 6.11. The normalized spacial score (nSPS) is 12.1. The summed E-state index contributed by atoms with van der Waals surface area (Å²) in [7, 11) is 1.42. The average molecular weight is 522 g/mol. The first-order chi connectivity index (χ1) is 18.6. The quantitative estimate of drug-likeness (QED) is 0.313. The first-order valence-electron chi connectivity index (χ1n) is 11.7. The maximum atomic E-state index is 14.6. The van der Waals surface area contributed by atoms with Crippen molar-refractivity contribution in [1.82, 2.24) is 24.4 Å². The lowest BCUT2D eigenvalue weighted by Crippen LogP contribution is -2.23. The molecule has 0 fully saturated rings. The van der Waals surface area contributed by atoms with E-state index in [4.69, 9.17) is 9.84 Å². The van der Waals surface area contributed by atoms with Crippen LogP contribution in [0.5, 0.6) is 5.75 Å². The van der Waals surface area contributed by atoms with Crippen LogP contribution < -0.4 is 14.8 Å². The van der Waals surface area contributed by atoms with Gasteiger partial charge in [-0.15, -0.1) is 5.10 Å². The van der Waals surface area contributed by atoms with Crippen LogP contribution in [-0.2, 0) is 0 Å². The largest absolute Gasteiger partial charge is 0.494 e. The highest BCUT2D eigenvalue weighted by Crippen LogP contribution is 2.28. The number of hydrogen-bond acceptors (Lipinski definition) is 6. The van der Waals surface area contributed by atoms with Crippen LogP contribution in [0.1, 0.15) is 17.0 Å². The minimum atomic E-state index is -0.496. The number of rotatable bonds is 6. The Bertz CT molecular complexity index is 1890. The van der Waals surface area contributed by atoms with E-state index >= 15 is 0 Å². The average Bonchev–Trinajstić information content (AvgIpc) is 3.63. The molecule has 3 heterocycles. The van der Waals surface area contributed by atoms with Gasteiger partial charge >= 0.3 is 0 Å². The molecular formula is C29H20FN5O2S. The first-order valence-corrected chi connectivity index (χ1v) is 12.5. The van der Waals surface area contributed by atoms with E-state index in [1.54, 1.807) is 29.0 Å². The monoisotopic (exact) mass is 521 g/mol. The second kappa shape index (κ2) is 9.87.